The minimum Gasteiger partial charge on any atom is -0.338 e. The zero-order valence-electron chi connectivity index (χ0n) is 15.0. The maximum atomic E-state index is 12.0. The Labute approximate surface area is 154 Å². The van der Waals surface area contributed by atoms with Crippen LogP contribution in [0.25, 0.3) is 0 Å². The lowest BCUT2D eigenvalue weighted by molar-refractivity contribution is -0.127. The molecule has 1 atom stereocenters. The van der Waals surface area contributed by atoms with Gasteiger partial charge < -0.3 is 4.90 Å². The molecule has 0 aliphatic carbocycles. The molecule has 1 N–H and O–H groups in total. The summed E-state index contributed by atoms with van der Waals surface area (Å²) in [6.45, 7) is 6.47. The van der Waals surface area contributed by atoms with E-state index in [-0.39, 0.29) is 24.9 Å². The lowest BCUT2D eigenvalue weighted by Gasteiger charge is -2.35. The van der Waals surface area contributed by atoms with Gasteiger partial charge in [-0.15, -0.1) is 0 Å². The molecule has 0 aromatic carbocycles. The first kappa shape index (κ1) is 19.0. The van der Waals surface area contributed by atoms with Crippen LogP contribution in [-0.4, -0.2) is 78.8 Å². The normalized spacial score (nSPS) is 24.0. The standard InChI is InChI=1S/C16H26N6O3S/c1-14-13-15(23)22(26(24,25)19-14)8-3-2-7-20-9-11-21(12-10-20)16-17-5-4-6-18-16/h4-6,14,19H,2-3,7-13H2,1H3. The lowest BCUT2D eigenvalue weighted by Crippen LogP contribution is -2.54. The molecule has 2 aliphatic rings. The fourth-order valence-electron chi connectivity index (χ4n) is 3.32. The third kappa shape index (κ3) is 4.68. The molecule has 26 heavy (non-hydrogen) atoms. The zero-order chi connectivity index (χ0) is 18.6. The van der Waals surface area contributed by atoms with Crippen molar-refractivity contribution in [2.45, 2.75) is 32.2 Å². The molecule has 2 aliphatic heterocycles. The highest BCUT2D eigenvalue weighted by atomic mass is 32.2. The molecule has 1 aromatic heterocycles. The number of rotatable bonds is 6. The van der Waals surface area contributed by atoms with E-state index in [1.54, 1.807) is 19.3 Å². The number of hydrogen-bond donors (Lipinski definition) is 1. The van der Waals surface area contributed by atoms with Crippen molar-refractivity contribution < 1.29 is 13.2 Å². The summed E-state index contributed by atoms with van der Waals surface area (Å²) in [5.74, 6) is 0.454. The summed E-state index contributed by atoms with van der Waals surface area (Å²) in [5, 5.41) is 0. The summed E-state index contributed by atoms with van der Waals surface area (Å²) in [5.41, 5.74) is 0. The summed E-state index contributed by atoms with van der Waals surface area (Å²) < 4.78 is 27.6. The van der Waals surface area contributed by atoms with Crippen LogP contribution >= 0.6 is 0 Å². The molecule has 2 saturated heterocycles. The first-order valence-corrected chi connectivity index (χ1v) is 10.5. The van der Waals surface area contributed by atoms with Gasteiger partial charge in [-0.1, -0.05) is 0 Å². The Hall–Kier alpha value is -1.78. The van der Waals surface area contributed by atoms with Crippen molar-refractivity contribution in [3.05, 3.63) is 18.5 Å². The van der Waals surface area contributed by atoms with Gasteiger partial charge in [-0.25, -0.2) is 14.3 Å². The fourth-order valence-corrected chi connectivity index (χ4v) is 4.75. The Morgan fingerprint density at radius 2 is 1.77 bits per heavy atom. The van der Waals surface area contributed by atoms with Gasteiger partial charge in [0.05, 0.1) is 0 Å². The fraction of sp³-hybridized carbons (Fsp3) is 0.688. The molecule has 10 heteroatoms. The van der Waals surface area contributed by atoms with Crippen LogP contribution in [0, 0.1) is 0 Å². The van der Waals surface area contributed by atoms with Crippen LogP contribution in [0.4, 0.5) is 5.95 Å². The van der Waals surface area contributed by atoms with Gasteiger partial charge in [0.15, 0.2) is 0 Å². The topological polar surface area (TPSA) is 98.7 Å². The molecular weight excluding hydrogens is 356 g/mol. The predicted molar refractivity (Wildman–Crippen MR) is 97.8 cm³/mol. The third-order valence-electron chi connectivity index (χ3n) is 4.69. The van der Waals surface area contributed by atoms with Crippen molar-refractivity contribution in [1.82, 2.24) is 23.9 Å². The van der Waals surface area contributed by atoms with Gasteiger partial charge in [-0.05, 0) is 32.4 Å². The molecule has 1 unspecified atom stereocenters. The van der Waals surface area contributed by atoms with E-state index in [1.165, 1.54) is 0 Å². The lowest BCUT2D eigenvalue weighted by atomic mass is 10.2. The van der Waals surface area contributed by atoms with Gasteiger partial charge >= 0.3 is 10.2 Å². The van der Waals surface area contributed by atoms with Crippen LogP contribution in [0.15, 0.2) is 18.5 Å². The van der Waals surface area contributed by atoms with Gasteiger partial charge in [-0.2, -0.15) is 13.1 Å². The quantitative estimate of drug-likeness (QED) is 0.682. The van der Waals surface area contributed by atoms with Crippen molar-refractivity contribution >= 4 is 22.1 Å². The molecule has 0 saturated carbocycles. The summed E-state index contributed by atoms with van der Waals surface area (Å²) in [4.78, 5) is 25.0. The molecule has 0 bridgehead atoms. The third-order valence-corrected chi connectivity index (χ3v) is 6.36. The monoisotopic (exact) mass is 382 g/mol. The van der Waals surface area contributed by atoms with Gasteiger partial charge in [0.2, 0.25) is 11.9 Å². The SMILES string of the molecule is CC1CC(=O)N(CCCCN2CCN(c3ncccn3)CC2)S(=O)(=O)N1. The van der Waals surface area contributed by atoms with E-state index < -0.39 is 10.2 Å². The van der Waals surface area contributed by atoms with Crippen LogP contribution in [0.2, 0.25) is 0 Å². The van der Waals surface area contributed by atoms with E-state index in [2.05, 4.69) is 24.5 Å². The van der Waals surface area contributed by atoms with Crippen molar-refractivity contribution in [2.75, 3.05) is 44.2 Å². The average molecular weight is 382 g/mol. The molecule has 3 rings (SSSR count). The Bertz CT molecular complexity index is 706. The van der Waals surface area contributed by atoms with Gasteiger partial charge in [0.25, 0.3) is 0 Å². The molecule has 9 nitrogen and oxygen atoms in total. The largest absolute Gasteiger partial charge is 0.338 e. The predicted octanol–water partition coefficient (Wildman–Crippen LogP) is -0.166. The van der Waals surface area contributed by atoms with Crippen LogP contribution in [0.5, 0.6) is 0 Å². The summed E-state index contributed by atoms with van der Waals surface area (Å²) in [6, 6.07) is 1.48. The van der Waals surface area contributed by atoms with E-state index >= 15 is 0 Å². The minimum absolute atomic E-state index is 0.225. The van der Waals surface area contributed by atoms with Crippen molar-refractivity contribution in [3.63, 3.8) is 0 Å². The molecule has 144 valence electrons. The van der Waals surface area contributed by atoms with Crippen LogP contribution in [0.3, 0.4) is 0 Å². The number of unbranched alkanes of at least 4 members (excludes halogenated alkanes) is 1. The number of carbonyl (C=O) groups is 1. The second kappa shape index (κ2) is 8.28. The second-order valence-corrected chi connectivity index (χ2v) is 8.41. The maximum absolute atomic E-state index is 12.0. The van der Waals surface area contributed by atoms with Gasteiger partial charge in [-0.3, -0.25) is 9.69 Å². The summed E-state index contributed by atoms with van der Waals surface area (Å²) in [6.07, 6.45) is 5.25. The van der Waals surface area contributed by atoms with E-state index in [0.29, 0.717) is 6.42 Å². The van der Waals surface area contributed by atoms with E-state index in [1.807, 2.05) is 6.07 Å². The van der Waals surface area contributed by atoms with Crippen LogP contribution in [-0.2, 0) is 15.0 Å². The van der Waals surface area contributed by atoms with E-state index in [0.717, 1.165) is 49.4 Å². The second-order valence-electron chi connectivity index (χ2n) is 6.78. The summed E-state index contributed by atoms with van der Waals surface area (Å²) >= 11 is 0. The molecule has 1 amide bonds. The van der Waals surface area contributed by atoms with Crippen molar-refractivity contribution in [1.29, 1.82) is 0 Å². The Morgan fingerprint density at radius 1 is 1.12 bits per heavy atom. The first-order valence-electron chi connectivity index (χ1n) is 9.03. The number of nitrogens with one attached hydrogen (secondary N) is 1. The Kier molecular flexibility index (Phi) is 6.05. The minimum atomic E-state index is -3.67. The molecule has 0 spiro atoms. The maximum Gasteiger partial charge on any atom is 0.303 e. The number of amides is 1. The number of piperazine rings is 1. The number of aromatic nitrogens is 2. The molecule has 2 fully saturated rings. The highest BCUT2D eigenvalue weighted by Crippen LogP contribution is 2.14. The van der Waals surface area contributed by atoms with E-state index in [4.69, 9.17) is 0 Å². The molecule has 0 radical (unpaired) electrons. The highest BCUT2D eigenvalue weighted by Gasteiger charge is 2.34. The number of carbonyl (C=O) groups excluding carboxylic acids is 1. The zero-order valence-corrected chi connectivity index (χ0v) is 15.9. The number of nitrogens with zero attached hydrogens (tertiary/aromatic N) is 5. The Morgan fingerprint density at radius 3 is 2.42 bits per heavy atom. The van der Waals surface area contributed by atoms with Crippen LogP contribution in [0.1, 0.15) is 26.2 Å². The number of hydrogen-bond acceptors (Lipinski definition) is 7. The van der Waals surface area contributed by atoms with Gasteiger partial charge in [0, 0.05) is 57.6 Å². The van der Waals surface area contributed by atoms with Crippen LogP contribution < -0.4 is 9.62 Å². The molecule has 1 aromatic rings. The molecule has 3 heterocycles. The van der Waals surface area contributed by atoms with E-state index in [9.17, 15) is 13.2 Å². The first-order chi connectivity index (χ1) is 12.5. The number of anilines is 1. The van der Waals surface area contributed by atoms with Crippen molar-refractivity contribution in [3.8, 4) is 0 Å². The van der Waals surface area contributed by atoms with Gasteiger partial charge in [0.1, 0.15) is 0 Å². The average Bonchev–Trinajstić information content (AvgIpc) is 2.61. The smallest absolute Gasteiger partial charge is 0.303 e. The highest BCUT2D eigenvalue weighted by molar-refractivity contribution is 7.87. The molecular formula is C16H26N6O3S. The van der Waals surface area contributed by atoms with Crippen molar-refractivity contribution in [2.24, 2.45) is 0 Å². The Balaban J connectivity index is 1.38. The summed E-state index contributed by atoms with van der Waals surface area (Å²) in [7, 11) is -3.67.